The van der Waals surface area contributed by atoms with Gasteiger partial charge in [-0.25, -0.2) is 0 Å². The van der Waals surface area contributed by atoms with Crippen molar-refractivity contribution in [3.8, 4) is 0 Å². The van der Waals surface area contributed by atoms with Crippen molar-refractivity contribution >= 4 is 11.9 Å². The largest absolute Gasteiger partial charge is 0.481 e. The number of hydrogen-bond acceptors (Lipinski definition) is 3. The Morgan fingerprint density at radius 1 is 0.615 bits per heavy atom. The summed E-state index contributed by atoms with van der Waals surface area (Å²) in [6.07, 6.45) is 12.0. The average Bonchev–Trinajstić information content (AvgIpc) is 2.45. The topological polar surface area (TPSA) is 94.8 Å². The lowest BCUT2D eigenvalue weighted by molar-refractivity contribution is -0.149. The van der Waals surface area contributed by atoms with Crippen molar-refractivity contribution in [2.45, 2.75) is 116 Å². The molecule has 5 nitrogen and oxygen atoms in total. The number of hydrogen-bond donors (Lipinski definition) is 3. The van der Waals surface area contributed by atoms with Crippen LogP contribution in [0.25, 0.3) is 0 Å². The Morgan fingerprint density at radius 3 is 1.23 bits per heavy atom. The molecule has 0 amide bonds. The van der Waals surface area contributed by atoms with Gasteiger partial charge in [-0.15, -0.1) is 0 Å². The fraction of sp³-hybridized carbons (Fsp3) is 0.905. The molecule has 5 heteroatoms. The standard InChI is InChI=1S/C21H40O5/c1-20(2,3)14-12-10-8-6-4-5-7-9-11-13-15-21(26,16-18(22)23)17-19(24)25/h26H,4-17H2,1-3H3,(H,22,23)(H,24,25). The molecule has 0 aliphatic carbocycles. The molecule has 0 fully saturated rings. The predicted octanol–water partition coefficient (Wildman–Crippen LogP) is 5.39. The lowest BCUT2D eigenvalue weighted by Gasteiger charge is -2.24. The average molecular weight is 373 g/mol. The summed E-state index contributed by atoms with van der Waals surface area (Å²) in [5.74, 6) is -2.31. The third-order valence-corrected chi connectivity index (χ3v) is 4.78. The van der Waals surface area contributed by atoms with Gasteiger partial charge in [0.25, 0.3) is 0 Å². The maximum absolute atomic E-state index is 10.8. The number of carboxylic acids is 2. The molecule has 0 spiro atoms. The zero-order chi connectivity index (χ0) is 20.1. The molecule has 0 rings (SSSR count). The first-order valence-corrected chi connectivity index (χ1v) is 10.2. The maximum atomic E-state index is 10.8. The van der Waals surface area contributed by atoms with Crippen LogP contribution in [0.15, 0.2) is 0 Å². The zero-order valence-corrected chi connectivity index (χ0v) is 17.1. The number of aliphatic hydroxyl groups is 1. The van der Waals surface area contributed by atoms with Gasteiger partial charge in [-0.05, 0) is 18.3 Å². The maximum Gasteiger partial charge on any atom is 0.306 e. The van der Waals surface area contributed by atoms with Gasteiger partial charge in [0.05, 0.1) is 18.4 Å². The number of carboxylic acid groups (broad SMARTS) is 2. The predicted molar refractivity (Wildman–Crippen MR) is 104 cm³/mol. The van der Waals surface area contributed by atoms with E-state index < -0.39 is 30.4 Å². The molecule has 26 heavy (non-hydrogen) atoms. The van der Waals surface area contributed by atoms with Crippen LogP contribution in [0.4, 0.5) is 0 Å². The quantitative estimate of drug-likeness (QED) is 0.316. The van der Waals surface area contributed by atoms with Crippen LogP contribution < -0.4 is 0 Å². The van der Waals surface area contributed by atoms with E-state index in [0.717, 1.165) is 19.3 Å². The van der Waals surface area contributed by atoms with Crippen LogP contribution >= 0.6 is 0 Å². The molecule has 154 valence electrons. The van der Waals surface area contributed by atoms with E-state index in [0.29, 0.717) is 11.8 Å². The Kier molecular flexibility index (Phi) is 12.6. The van der Waals surface area contributed by atoms with Crippen LogP contribution in [0.3, 0.4) is 0 Å². The molecular formula is C21H40O5. The Labute approximate surface area is 159 Å². The van der Waals surface area contributed by atoms with Crippen LogP contribution in [0, 0.1) is 5.41 Å². The fourth-order valence-corrected chi connectivity index (χ4v) is 3.33. The molecule has 3 N–H and O–H groups in total. The normalized spacial score (nSPS) is 12.3. The van der Waals surface area contributed by atoms with Gasteiger partial charge >= 0.3 is 11.9 Å². The van der Waals surface area contributed by atoms with Gasteiger partial charge in [-0.1, -0.05) is 85.0 Å². The molecule has 0 atom stereocenters. The van der Waals surface area contributed by atoms with Crippen molar-refractivity contribution in [1.29, 1.82) is 0 Å². The van der Waals surface area contributed by atoms with Crippen LogP contribution in [0.2, 0.25) is 0 Å². The highest BCUT2D eigenvalue weighted by Gasteiger charge is 2.32. The monoisotopic (exact) mass is 372 g/mol. The smallest absolute Gasteiger partial charge is 0.306 e. The summed E-state index contributed by atoms with van der Waals surface area (Å²) in [7, 11) is 0. The van der Waals surface area contributed by atoms with Crippen molar-refractivity contribution < 1.29 is 24.9 Å². The Balaban J connectivity index is 3.62. The minimum Gasteiger partial charge on any atom is -0.481 e. The van der Waals surface area contributed by atoms with Gasteiger partial charge in [0.1, 0.15) is 0 Å². The van der Waals surface area contributed by atoms with Gasteiger partial charge in [-0.3, -0.25) is 9.59 Å². The molecule has 0 aliphatic rings. The Bertz CT molecular complexity index is 382. The van der Waals surface area contributed by atoms with E-state index in [-0.39, 0.29) is 6.42 Å². The van der Waals surface area contributed by atoms with E-state index in [9.17, 15) is 14.7 Å². The summed E-state index contributed by atoms with van der Waals surface area (Å²) in [6.45, 7) is 6.87. The summed E-state index contributed by atoms with van der Waals surface area (Å²) in [4.78, 5) is 21.6. The van der Waals surface area contributed by atoms with E-state index >= 15 is 0 Å². The molecule has 0 aromatic carbocycles. The molecule has 0 radical (unpaired) electrons. The molecule has 0 aromatic heterocycles. The highest BCUT2D eigenvalue weighted by Crippen LogP contribution is 2.24. The molecular weight excluding hydrogens is 332 g/mol. The first-order valence-electron chi connectivity index (χ1n) is 10.2. The summed E-state index contributed by atoms with van der Waals surface area (Å²) in [5, 5.41) is 27.8. The van der Waals surface area contributed by atoms with Crippen molar-refractivity contribution in [3.05, 3.63) is 0 Å². The summed E-state index contributed by atoms with van der Waals surface area (Å²) in [6, 6.07) is 0. The van der Waals surface area contributed by atoms with Crippen molar-refractivity contribution in [3.63, 3.8) is 0 Å². The van der Waals surface area contributed by atoms with E-state index in [1.807, 2.05) is 0 Å². The fourth-order valence-electron chi connectivity index (χ4n) is 3.33. The Morgan fingerprint density at radius 2 is 0.923 bits per heavy atom. The lowest BCUT2D eigenvalue weighted by atomic mass is 9.89. The minimum absolute atomic E-state index is 0.235. The first-order chi connectivity index (χ1) is 12.0. The summed E-state index contributed by atoms with van der Waals surface area (Å²) >= 11 is 0. The number of unbranched alkanes of at least 4 members (excludes halogenated alkanes) is 9. The lowest BCUT2D eigenvalue weighted by Crippen LogP contribution is -2.34. The minimum atomic E-state index is -1.62. The van der Waals surface area contributed by atoms with Crippen molar-refractivity contribution in [2.75, 3.05) is 0 Å². The van der Waals surface area contributed by atoms with Crippen LogP contribution in [0.5, 0.6) is 0 Å². The molecule has 0 heterocycles. The molecule has 0 aromatic rings. The van der Waals surface area contributed by atoms with E-state index in [4.69, 9.17) is 10.2 Å². The highest BCUT2D eigenvalue weighted by atomic mass is 16.4. The van der Waals surface area contributed by atoms with Crippen molar-refractivity contribution in [1.82, 2.24) is 0 Å². The summed E-state index contributed by atoms with van der Waals surface area (Å²) < 4.78 is 0. The third kappa shape index (κ3) is 16.4. The van der Waals surface area contributed by atoms with E-state index in [1.54, 1.807) is 0 Å². The number of carbonyl (C=O) groups is 2. The van der Waals surface area contributed by atoms with Gasteiger partial charge < -0.3 is 15.3 Å². The van der Waals surface area contributed by atoms with Crippen LogP contribution in [-0.4, -0.2) is 32.9 Å². The zero-order valence-electron chi connectivity index (χ0n) is 17.1. The van der Waals surface area contributed by atoms with Gasteiger partial charge in [0.2, 0.25) is 0 Å². The summed E-state index contributed by atoms with van der Waals surface area (Å²) in [5.41, 5.74) is -1.17. The van der Waals surface area contributed by atoms with E-state index in [2.05, 4.69) is 20.8 Å². The second kappa shape index (κ2) is 13.1. The SMILES string of the molecule is CC(C)(C)CCCCCCCCCCCCC(O)(CC(=O)O)CC(=O)O. The molecule has 0 saturated heterocycles. The highest BCUT2D eigenvalue weighted by molar-refractivity contribution is 5.72. The molecule has 0 unspecified atom stereocenters. The molecule has 0 saturated carbocycles. The van der Waals surface area contributed by atoms with Crippen molar-refractivity contribution in [2.24, 2.45) is 5.41 Å². The van der Waals surface area contributed by atoms with Gasteiger partial charge in [-0.2, -0.15) is 0 Å². The van der Waals surface area contributed by atoms with E-state index in [1.165, 1.54) is 44.9 Å². The second-order valence-electron chi connectivity index (χ2n) is 8.96. The van der Waals surface area contributed by atoms with Crippen LogP contribution in [0.1, 0.15) is 111 Å². The molecule has 0 aliphatic heterocycles. The third-order valence-electron chi connectivity index (χ3n) is 4.78. The van der Waals surface area contributed by atoms with Crippen LogP contribution in [-0.2, 0) is 9.59 Å². The molecule has 0 bridgehead atoms. The van der Waals surface area contributed by atoms with Gasteiger partial charge in [0.15, 0.2) is 0 Å². The Hall–Kier alpha value is -1.10. The number of rotatable bonds is 16. The number of aliphatic carboxylic acids is 2. The second-order valence-corrected chi connectivity index (χ2v) is 8.96. The first kappa shape index (κ1) is 24.9. The van der Waals surface area contributed by atoms with Gasteiger partial charge in [0, 0.05) is 0 Å².